The molecule has 0 amide bonds. The molecule has 0 heterocycles. The SMILES string of the molecule is CCCCCCCC[C@H](I)CCCc1ccccc1. The maximum atomic E-state index is 2.65. The summed E-state index contributed by atoms with van der Waals surface area (Å²) >= 11 is 2.65. The van der Waals surface area contributed by atoms with Crippen LogP contribution in [-0.2, 0) is 6.42 Å². The van der Waals surface area contributed by atoms with Crippen molar-refractivity contribution in [1.82, 2.24) is 0 Å². The van der Waals surface area contributed by atoms with Gasteiger partial charge >= 0.3 is 0 Å². The van der Waals surface area contributed by atoms with Crippen LogP contribution >= 0.6 is 22.6 Å². The molecule has 1 atom stereocenters. The van der Waals surface area contributed by atoms with E-state index in [0.29, 0.717) is 0 Å². The smallest absolute Gasteiger partial charge is 0.0110 e. The summed E-state index contributed by atoms with van der Waals surface area (Å²) in [6.07, 6.45) is 13.9. The van der Waals surface area contributed by atoms with Gasteiger partial charge in [-0.2, -0.15) is 0 Å². The normalized spacial score (nSPS) is 12.5. The number of aryl methyl sites for hydroxylation is 1. The molecule has 108 valence electrons. The summed E-state index contributed by atoms with van der Waals surface area (Å²) in [7, 11) is 0. The molecule has 1 aromatic rings. The zero-order chi connectivity index (χ0) is 13.8. The first-order valence-electron chi connectivity index (χ1n) is 8.01. The van der Waals surface area contributed by atoms with Crippen LogP contribution < -0.4 is 0 Å². The van der Waals surface area contributed by atoms with Crippen LogP contribution in [0.5, 0.6) is 0 Å². The Bertz CT molecular complexity index is 294. The van der Waals surface area contributed by atoms with E-state index in [2.05, 4.69) is 59.8 Å². The predicted octanol–water partition coefficient (Wildman–Crippen LogP) is 6.56. The Morgan fingerprint density at radius 1 is 0.842 bits per heavy atom. The fourth-order valence-corrected chi connectivity index (χ4v) is 3.34. The minimum atomic E-state index is 0.882. The molecule has 0 radical (unpaired) electrons. The molecule has 1 heteroatoms. The Hall–Kier alpha value is -0.0500. The summed E-state index contributed by atoms with van der Waals surface area (Å²) in [5.41, 5.74) is 1.49. The average molecular weight is 372 g/mol. The first-order valence-corrected chi connectivity index (χ1v) is 9.25. The van der Waals surface area contributed by atoms with Crippen LogP contribution in [0.15, 0.2) is 30.3 Å². The van der Waals surface area contributed by atoms with Gasteiger partial charge in [0.05, 0.1) is 0 Å². The summed E-state index contributed by atoms with van der Waals surface area (Å²) in [6.45, 7) is 2.29. The third-order valence-corrected chi connectivity index (χ3v) is 4.94. The summed E-state index contributed by atoms with van der Waals surface area (Å²) < 4.78 is 0.882. The lowest BCUT2D eigenvalue weighted by molar-refractivity contribution is 0.571. The third kappa shape index (κ3) is 9.48. The van der Waals surface area contributed by atoms with E-state index in [0.717, 1.165) is 3.92 Å². The molecule has 0 aliphatic heterocycles. The topological polar surface area (TPSA) is 0 Å². The molecule has 0 saturated heterocycles. The molecule has 0 unspecified atom stereocenters. The largest absolute Gasteiger partial charge is 0.0826 e. The van der Waals surface area contributed by atoms with E-state index in [9.17, 15) is 0 Å². The standard InChI is InChI=1S/C18H29I/c1-2-3-4-5-6-10-15-18(19)16-11-14-17-12-8-7-9-13-17/h7-9,12-13,18H,2-6,10-11,14-16H2,1H3/t18-/m0/s1. The highest BCUT2D eigenvalue weighted by Crippen LogP contribution is 2.19. The Kier molecular flexibility index (Phi) is 10.5. The van der Waals surface area contributed by atoms with Gasteiger partial charge in [-0.3, -0.25) is 0 Å². The number of hydrogen-bond acceptors (Lipinski definition) is 0. The third-order valence-electron chi connectivity index (χ3n) is 3.70. The second-order valence-electron chi connectivity index (χ2n) is 5.53. The molecule has 0 spiro atoms. The van der Waals surface area contributed by atoms with Crippen molar-refractivity contribution in [3.05, 3.63) is 35.9 Å². The fourth-order valence-electron chi connectivity index (χ4n) is 2.46. The minimum Gasteiger partial charge on any atom is -0.0826 e. The highest BCUT2D eigenvalue weighted by Gasteiger charge is 2.03. The first-order chi connectivity index (χ1) is 9.33. The maximum Gasteiger partial charge on any atom is 0.0110 e. The van der Waals surface area contributed by atoms with Crippen molar-refractivity contribution in [2.24, 2.45) is 0 Å². The molecule has 0 aliphatic carbocycles. The molecule has 1 rings (SSSR count). The zero-order valence-electron chi connectivity index (χ0n) is 12.4. The first kappa shape index (κ1) is 17.0. The Morgan fingerprint density at radius 3 is 2.21 bits per heavy atom. The number of benzene rings is 1. The van der Waals surface area contributed by atoms with Crippen LogP contribution in [0.25, 0.3) is 0 Å². The van der Waals surface area contributed by atoms with Crippen LogP contribution in [0.3, 0.4) is 0 Å². The predicted molar refractivity (Wildman–Crippen MR) is 95.2 cm³/mol. The second-order valence-corrected chi connectivity index (χ2v) is 7.29. The van der Waals surface area contributed by atoms with Crippen LogP contribution in [-0.4, -0.2) is 3.92 Å². The molecular weight excluding hydrogens is 343 g/mol. The van der Waals surface area contributed by atoms with Crippen LogP contribution in [0.4, 0.5) is 0 Å². The number of hydrogen-bond donors (Lipinski definition) is 0. The van der Waals surface area contributed by atoms with Crippen molar-refractivity contribution in [1.29, 1.82) is 0 Å². The van der Waals surface area contributed by atoms with Gasteiger partial charge in [-0.05, 0) is 31.2 Å². The quantitative estimate of drug-likeness (QED) is 0.234. The van der Waals surface area contributed by atoms with Crippen LogP contribution in [0.1, 0.15) is 70.3 Å². The molecule has 0 bridgehead atoms. The van der Waals surface area contributed by atoms with E-state index in [-0.39, 0.29) is 0 Å². The highest BCUT2D eigenvalue weighted by molar-refractivity contribution is 14.1. The molecule has 0 N–H and O–H groups in total. The molecule has 0 saturated carbocycles. The van der Waals surface area contributed by atoms with Crippen molar-refractivity contribution in [3.63, 3.8) is 0 Å². The number of rotatable bonds is 11. The summed E-state index contributed by atoms with van der Waals surface area (Å²) in [4.78, 5) is 0. The lowest BCUT2D eigenvalue weighted by Crippen LogP contribution is -1.99. The molecule has 0 aromatic heterocycles. The Morgan fingerprint density at radius 2 is 1.47 bits per heavy atom. The molecular formula is C18H29I. The van der Waals surface area contributed by atoms with E-state index in [1.165, 1.54) is 69.8 Å². The highest BCUT2D eigenvalue weighted by atomic mass is 127. The van der Waals surface area contributed by atoms with Gasteiger partial charge in [-0.25, -0.2) is 0 Å². The molecule has 0 aliphatic rings. The van der Waals surface area contributed by atoms with E-state index in [4.69, 9.17) is 0 Å². The maximum absolute atomic E-state index is 2.65. The molecule has 1 aromatic carbocycles. The molecule has 0 fully saturated rings. The number of halogens is 1. The van der Waals surface area contributed by atoms with Gasteiger partial charge in [0.1, 0.15) is 0 Å². The number of alkyl halides is 1. The lowest BCUT2D eigenvalue weighted by atomic mass is 10.0. The minimum absolute atomic E-state index is 0.882. The summed E-state index contributed by atoms with van der Waals surface area (Å²) in [5.74, 6) is 0. The fraction of sp³-hybridized carbons (Fsp3) is 0.667. The number of unbranched alkanes of at least 4 members (excludes halogenated alkanes) is 5. The Labute approximate surface area is 133 Å². The zero-order valence-corrected chi connectivity index (χ0v) is 14.6. The van der Waals surface area contributed by atoms with Crippen LogP contribution in [0, 0.1) is 0 Å². The van der Waals surface area contributed by atoms with E-state index in [1.807, 2.05) is 0 Å². The van der Waals surface area contributed by atoms with Gasteiger partial charge in [-0.1, -0.05) is 98.4 Å². The van der Waals surface area contributed by atoms with E-state index >= 15 is 0 Å². The van der Waals surface area contributed by atoms with Gasteiger partial charge < -0.3 is 0 Å². The van der Waals surface area contributed by atoms with Crippen molar-refractivity contribution in [3.8, 4) is 0 Å². The van der Waals surface area contributed by atoms with Gasteiger partial charge in [0.15, 0.2) is 0 Å². The van der Waals surface area contributed by atoms with Gasteiger partial charge in [0, 0.05) is 3.92 Å². The lowest BCUT2D eigenvalue weighted by Gasteiger charge is -2.09. The Balaban J connectivity index is 1.94. The summed E-state index contributed by atoms with van der Waals surface area (Å²) in [6, 6.07) is 10.9. The van der Waals surface area contributed by atoms with E-state index in [1.54, 1.807) is 0 Å². The average Bonchev–Trinajstić information content (AvgIpc) is 2.44. The van der Waals surface area contributed by atoms with Crippen molar-refractivity contribution in [2.75, 3.05) is 0 Å². The monoisotopic (exact) mass is 372 g/mol. The van der Waals surface area contributed by atoms with Crippen molar-refractivity contribution < 1.29 is 0 Å². The van der Waals surface area contributed by atoms with Crippen molar-refractivity contribution >= 4 is 22.6 Å². The van der Waals surface area contributed by atoms with Gasteiger partial charge in [0.2, 0.25) is 0 Å². The van der Waals surface area contributed by atoms with Gasteiger partial charge in [0.25, 0.3) is 0 Å². The molecule has 0 nitrogen and oxygen atoms in total. The van der Waals surface area contributed by atoms with Gasteiger partial charge in [-0.15, -0.1) is 0 Å². The van der Waals surface area contributed by atoms with E-state index < -0.39 is 0 Å². The second kappa shape index (κ2) is 11.7. The van der Waals surface area contributed by atoms with Crippen molar-refractivity contribution in [2.45, 2.75) is 75.1 Å². The van der Waals surface area contributed by atoms with Crippen LogP contribution in [0.2, 0.25) is 0 Å². The molecule has 19 heavy (non-hydrogen) atoms. The summed E-state index contributed by atoms with van der Waals surface area (Å²) in [5, 5.41) is 0.